The van der Waals surface area contributed by atoms with Crippen LogP contribution >= 0.6 is 0 Å². The summed E-state index contributed by atoms with van der Waals surface area (Å²) in [5.41, 5.74) is 2.53. The van der Waals surface area contributed by atoms with E-state index in [-0.39, 0.29) is 0 Å². The van der Waals surface area contributed by atoms with Gasteiger partial charge in [0.25, 0.3) is 0 Å². The topological polar surface area (TPSA) is 33.7 Å². The number of nitrogens with one attached hydrogen (secondary N) is 1. The van der Waals surface area contributed by atoms with Gasteiger partial charge in [-0.05, 0) is 31.2 Å². The minimum atomic E-state index is 0.459. The number of methoxy groups -OCH3 is 1. The van der Waals surface area contributed by atoms with Crippen LogP contribution in [-0.4, -0.2) is 51.4 Å². The number of hydrogen-bond acceptors (Lipinski definition) is 4. The van der Waals surface area contributed by atoms with Gasteiger partial charge in [-0.15, -0.1) is 0 Å². The normalized spacial score (nSPS) is 20.5. The number of rotatable bonds is 5. The quantitative estimate of drug-likeness (QED) is 0.872. The summed E-state index contributed by atoms with van der Waals surface area (Å²) in [5.74, 6) is 0.956. The second-order valence-corrected chi connectivity index (χ2v) is 5.06. The lowest BCUT2D eigenvalue weighted by molar-refractivity contribution is -0.0103. The fourth-order valence-corrected chi connectivity index (χ4v) is 2.59. The van der Waals surface area contributed by atoms with Crippen molar-refractivity contribution in [3.63, 3.8) is 0 Å². The largest absolute Gasteiger partial charge is 0.496 e. The molecule has 0 bridgehead atoms. The smallest absolute Gasteiger partial charge is 0.121 e. The van der Waals surface area contributed by atoms with E-state index in [9.17, 15) is 0 Å². The molecule has 1 fully saturated rings. The molecular formula is C15H24N2O2. The fourth-order valence-electron chi connectivity index (χ4n) is 2.59. The molecule has 0 amide bonds. The fraction of sp³-hybridized carbons (Fsp3) is 0.600. The van der Waals surface area contributed by atoms with Gasteiger partial charge in [0.1, 0.15) is 5.75 Å². The van der Waals surface area contributed by atoms with Crippen molar-refractivity contribution in [2.45, 2.75) is 19.5 Å². The Hall–Kier alpha value is -1.10. The zero-order chi connectivity index (χ0) is 13.7. The Morgan fingerprint density at radius 1 is 1.47 bits per heavy atom. The number of benzene rings is 1. The van der Waals surface area contributed by atoms with Crippen LogP contribution in [0.25, 0.3) is 0 Å². The van der Waals surface area contributed by atoms with Crippen LogP contribution in [0.5, 0.6) is 5.75 Å². The lowest BCUT2D eigenvalue weighted by Crippen LogP contribution is -2.49. The summed E-state index contributed by atoms with van der Waals surface area (Å²) in [7, 11) is 3.71. The lowest BCUT2D eigenvalue weighted by atomic mass is 10.1. The molecule has 4 nitrogen and oxygen atoms in total. The standard InChI is InChI=1S/C15H24N2O2/c1-12-8-13(4-5-15(12)18-3)10-17-6-7-19-11-14(17)9-16-2/h4-5,8,14,16H,6-7,9-11H2,1-3H3. The van der Waals surface area contributed by atoms with Gasteiger partial charge in [-0.2, -0.15) is 0 Å². The number of aryl methyl sites for hydroxylation is 1. The summed E-state index contributed by atoms with van der Waals surface area (Å²) in [5, 5.41) is 3.24. The third-order valence-electron chi connectivity index (χ3n) is 3.63. The van der Waals surface area contributed by atoms with Crippen molar-refractivity contribution in [1.29, 1.82) is 0 Å². The molecule has 1 saturated heterocycles. The first-order valence-electron chi connectivity index (χ1n) is 6.84. The molecule has 1 aliphatic rings. The first-order valence-corrected chi connectivity index (χ1v) is 6.84. The highest BCUT2D eigenvalue weighted by Gasteiger charge is 2.22. The zero-order valence-corrected chi connectivity index (χ0v) is 12.1. The van der Waals surface area contributed by atoms with Crippen LogP contribution in [-0.2, 0) is 11.3 Å². The van der Waals surface area contributed by atoms with Crippen LogP contribution in [0, 0.1) is 6.92 Å². The summed E-state index contributed by atoms with van der Waals surface area (Å²) in [6.07, 6.45) is 0. The van der Waals surface area contributed by atoms with Crippen LogP contribution in [0.15, 0.2) is 18.2 Å². The van der Waals surface area contributed by atoms with Crippen molar-refractivity contribution in [1.82, 2.24) is 10.2 Å². The molecule has 1 aromatic carbocycles. The van der Waals surface area contributed by atoms with E-state index in [0.29, 0.717) is 6.04 Å². The first-order chi connectivity index (χ1) is 9.24. The molecule has 0 saturated carbocycles. The molecule has 1 aromatic rings. The average Bonchev–Trinajstić information content (AvgIpc) is 2.41. The molecule has 106 valence electrons. The SMILES string of the molecule is CNCC1COCCN1Cc1ccc(OC)c(C)c1. The van der Waals surface area contributed by atoms with Gasteiger partial charge < -0.3 is 14.8 Å². The van der Waals surface area contributed by atoms with Crippen molar-refractivity contribution in [3.05, 3.63) is 29.3 Å². The molecule has 0 aromatic heterocycles. The summed E-state index contributed by atoms with van der Waals surface area (Å²) >= 11 is 0. The lowest BCUT2D eigenvalue weighted by Gasteiger charge is -2.35. The van der Waals surface area contributed by atoms with E-state index in [2.05, 4.69) is 35.3 Å². The maximum Gasteiger partial charge on any atom is 0.121 e. The summed E-state index contributed by atoms with van der Waals surface area (Å²) in [4.78, 5) is 2.49. The molecule has 4 heteroatoms. The molecule has 2 rings (SSSR count). The van der Waals surface area contributed by atoms with Gasteiger partial charge in [-0.25, -0.2) is 0 Å². The second-order valence-electron chi connectivity index (χ2n) is 5.06. The van der Waals surface area contributed by atoms with Gasteiger partial charge in [0.05, 0.1) is 20.3 Å². The van der Waals surface area contributed by atoms with Crippen LogP contribution in [0.1, 0.15) is 11.1 Å². The first kappa shape index (κ1) is 14.3. The van der Waals surface area contributed by atoms with E-state index in [1.807, 2.05) is 7.05 Å². The summed E-state index contributed by atoms with van der Waals surface area (Å²) in [6, 6.07) is 6.88. The molecule has 19 heavy (non-hydrogen) atoms. The third-order valence-corrected chi connectivity index (χ3v) is 3.63. The molecule has 1 heterocycles. The number of likely N-dealkylation sites (N-methyl/N-ethyl adjacent to an activating group) is 1. The van der Waals surface area contributed by atoms with Crippen LogP contribution in [0.4, 0.5) is 0 Å². The minimum Gasteiger partial charge on any atom is -0.496 e. The molecule has 1 aliphatic heterocycles. The maximum absolute atomic E-state index is 5.56. The van der Waals surface area contributed by atoms with Crippen LogP contribution in [0.2, 0.25) is 0 Å². The predicted molar refractivity (Wildman–Crippen MR) is 76.7 cm³/mol. The van der Waals surface area contributed by atoms with Crippen LogP contribution < -0.4 is 10.1 Å². The zero-order valence-electron chi connectivity index (χ0n) is 12.1. The number of nitrogens with zero attached hydrogens (tertiary/aromatic N) is 1. The molecular weight excluding hydrogens is 240 g/mol. The Bertz CT molecular complexity index is 407. The van der Waals surface area contributed by atoms with E-state index >= 15 is 0 Å². The predicted octanol–water partition coefficient (Wildman–Crippen LogP) is 1.42. The molecule has 1 N–H and O–H groups in total. The van der Waals surface area contributed by atoms with E-state index in [4.69, 9.17) is 9.47 Å². The number of morpholine rings is 1. The van der Waals surface area contributed by atoms with Gasteiger partial charge >= 0.3 is 0 Å². The Kier molecular flexibility index (Phi) is 5.19. The van der Waals surface area contributed by atoms with Gasteiger partial charge in [0, 0.05) is 25.7 Å². The highest BCUT2D eigenvalue weighted by molar-refractivity contribution is 5.36. The van der Waals surface area contributed by atoms with Crippen LogP contribution in [0.3, 0.4) is 0 Å². The van der Waals surface area contributed by atoms with Crippen molar-refractivity contribution < 1.29 is 9.47 Å². The molecule has 0 spiro atoms. The molecule has 1 unspecified atom stereocenters. The Balaban J connectivity index is 2.04. The molecule has 1 atom stereocenters. The monoisotopic (exact) mass is 264 g/mol. The van der Waals surface area contributed by atoms with E-state index in [0.717, 1.165) is 38.6 Å². The number of hydrogen-bond donors (Lipinski definition) is 1. The molecule has 0 radical (unpaired) electrons. The van der Waals surface area contributed by atoms with Gasteiger partial charge in [-0.3, -0.25) is 4.90 Å². The van der Waals surface area contributed by atoms with Crippen molar-refractivity contribution in [2.24, 2.45) is 0 Å². The molecule has 0 aliphatic carbocycles. The summed E-state index contributed by atoms with van der Waals surface area (Å²) in [6.45, 7) is 6.67. The Morgan fingerprint density at radius 3 is 3.00 bits per heavy atom. The van der Waals surface area contributed by atoms with E-state index < -0.39 is 0 Å². The van der Waals surface area contributed by atoms with Crippen molar-refractivity contribution >= 4 is 0 Å². The summed E-state index contributed by atoms with van der Waals surface area (Å²) < 4.78 is 10.9. The minimum absolute atomic E-state index is 0.459. The van der Waals surface area contributed by atoms with Crippen molar-refractivity contribution in [3.8, 4) is 5.75 Å². The van der Waals surface area contributed by atoms with Gasteiger partial charge in [0.15, 0.2) is 0 Å². The highest BCUT2D eigenvalue weighted by atomic mass is 16.5. The Labute approximate surface area is 115 Å². The van der Waals surface area contributed by atoms with Gasteiger partial charge in [-0.1, -0.05) is 12.1 Å². The van der Waals surface area contributed by atoms with Gasteiger partial charge in [0.2, 0.25) is 0 Å². The maximum atomic E-state index is 5.56. The Morgan fingerprint density at radius 2 is 2.32 bits per heavy atom. The average molecular weight is 264 g/mol. The second kappa shape index (κ2) is 6.89. The number of ether oxygens (including phenoxy) is 2. The van der Waals surface area contributed by atoms with E-state index in [1.54, 1.807) is 7.11 Å². The van der Waals surface area contributed by atoms with Crippen molar-refractivity contribution in [2.75, 3.05) is 40.5 Å². The van der Waals surface area contributed by atoms with E-state index in [1.165, 1.54) is 11.1 Å². The third kappa shape index (κ3) is 3.69. The highest BCUT2D eigenvalue weighted by Crippen LogP contribution is 2.20.